The molecule has 0 amide bonds. The van der Waals surface area contributed by atoms with Crippen molar-refractivity contribution in [3.8, 4) is 0 Å². The van der Waals surface area contributed by atoms with Crippen LogP contribution in [0.15, 0.2) is 0 Å². The summed E-state index contributed by atoms with van der Waals surface area (Å²) < 4.78 is 0. The lowest BCUT2D eigenvalue weighted by Crippen LogP contribution is -2.37. The second kappa shape index (κ2) is 30.4. The summed E-state index contributed by atoms with van der Waals surface area (Å²) in [6, 6.07) is 0. The van der Waals surface area contributed by atoms with E-state index in [2.05, 4.69) is 25.7 Å². The van der Waals surface area contributed by atoms with Gasteiger partial charge in [0.05, 0.1) is 12.2 Å². The van der Waals surface area contributed by atoms with Crippen LogP contribution in [0, 0.1) is 0 Å². The lowest BCUT2D eigenvalue weighted by molar-refractivity contribution is 0.0633. The zero-order valence-corrected chi connectivity index (χ0v) is 26.0. The molecule has 0 saturated heterocycles. The molecule has 2 unspecified atom stereocenters. The molecule has 37 heavy (non-hydrogen) atoms. The van der Waals surface area contributed by atoms with E-state index in [4.69, 9.17) is 0 Å². The maximum absolute atomic E-state index is 10.5. The number of hydrogen-bond donors (Lipinski definition) is 2. The standard InChI is InChI=1S/C34H71NO2/c1-4-7-9-11-13-15-17-19-21-23-25-27-29-33(36)31-35(6-3)32-34(37)30-28-26-24-22-20-18-16-14-12-10-8-5-2/h33-34,36-37H,4-32H2,1-3H3. The average Bonchev–Trinajstić information content (AvgIpc) is 2.89. The maximum atomic E-state index is 10.5. The summed E-state index contributed by atoms with van der Waals surface area (Å²) >= 11 is 0. The summed E-state index contributed by atoms with van der Waals surface area (Å²) in [5, 5.41) is 21.0. The van der Waals surface area contributed by atoms with E-state index in [9.17, 15) is 10.2 Å². The molecular formula is C34H71NO2. The molecular weight excluding hydrogens is 454 g/mol. The largest absolute Gasteiger partial charge is 0.392 e. The fraction of sp³-hybridized carbons (Fsp3) is 1.00. The minimum atomic E-state index is -0.248. The normalized spacial score (nSPS) is 13.5. The molecule has 3 nitrogen and oxygen atoms in total. The summed E-state index contributed by atoms with van der Waals surface area (Å²) in [4.78, 5) is 2.25. The summed E-state index contributed by atoms with van der Waals surface area (Å²) in [6.45, 7) is 9.04. The molecule has 2 atom stereocenters. The van der Waals surface area contributed by atoms with Crippen molar-refractivity contribution >= 4 is 0 Å². The summed E-state index contributed by atoms with van der Waals surface area (Å²) in [6.07, 6.45) is 33.9. The first-order chi connectivity index (χ1) is 18.1. The molecule has 3 heteroatoms. The van der Waals surface area contributed by atoms with E-state index in [-0.39, 0.29) is 12.2 Å². The van der Waals surface area contributed by atoms with E-state index in [0.29, 0.717) is 13.1 Å². The zero-order valence-electron chi connectivity index (χ0n) is 26.0. The van der Waals surface area contributed by atoms with Crippen molar-refractivity contribution < 1.29 is 10.2 Å². The third kappa shape index (κ3) is 28.7. The van der Waals surface area contributed by atoms with Crippen molar-refractivity contribution in [2.75, 3.05) is 19.6 Å². The fourth-order valence-electron chi connectivity index (χ4n) is 5.55. The highest BCUT2D eigenvalue weighted by Crippen LogP contribution is 2.15. The van der Waals surface area contributed by atoms with E-state index < -0.39 is 0 Å². The molecule has 0 aromatic rings. The molecule has 0 aliphatic rings. The Labute approximate surface area is 234 Å². The Balaban J connectivity index is 3.54. The van der Waals surface area contributed by atoms with Crippen molar-refractivity contribution in [3.05, 3.63) is 0 Å². The van der Waals surface area contributed by atoms with E-state index >= 15 is 0 Å². The molecule has 0 aliphatic heterocycles. The molecule has 0 aliphatic carbocycles. The Bertz CT molecular complexity index is 381. The summed E-state index contributed by atoms with van der Waals surface area (Å²) in [7, 11) is 0. The SMILES string of the molecule is CCCCCCCCCCCCCCC(O)CN(CC)CC(O)CCCCCCCCCCCCCC. The van der Waals surface area contributed by atoms with Gasteiger partial charge in [-0.2, -0.15) is 0 Å². The molecule has 0 radical (unpaired) electrons. The van der Waals surface area contributed by atoms with Gasteiger partial charge in [0.1, 0.15) is 0 Å². The zero-order chi connectivity index (χ0) is 27.2. The van der Waals surface area contributed by atoms with E-state index in [0.717, 1.165) is 32.2 Å². The summed E-state index contributed by atoms with van der Waals surface area (Å²) in [5.74, 6) is 0. The Morgan fingerprint density at radius 1 is 0.378 bits per heavy atom. The third-order valence-corrected chi connectivity index (χ3v) is 8.17. The van der Waals surface area contributed by atoms with Crippen LogP contribution in [-0.2, 0) is 0 Å². The highest BCUT2D eigenvalue weighted by molar-refractivity contribution is 4.68. The molecule has 0 rings (SSSR count). The van der Waals surface area contributed by atoms with Gasteiger partial charge in [0.25, 0.3) is 0 Å². The maximum Gasteiger partial charge on any atom is 0.0667 e. The minimum Gasteiger partial charge on any atom is -0.392 e. The Kier molecular flexibility index (Phi) is 30.3. The van der Waals surface area contributed by atoms with Crippen LogP contribution in [0.3, 0.4) is 0 Å². The van der Waals surface area contributed by atoms with Gasteiger partial charge in [-0.05, 0) is 19.4 Å². The van der Waals surface area contributed by atoms with Gasteiger partial charge in [-0.3, -0.25) is 4.90 Å². The number of hydrogen-bond acceptors (Lipinski definition) is 3. The number of likely N-dealkylation sites (N-methyl/N-ethyl adjacent to an activating group) is 1. The first-order valence-corrected chi connectivity index (χ1v) is 17.2. The fourth-order valence-corrected chi connectivity index (χ4v) is 5.55. The molecule has 0 bridgehead atoms. The molecule has 0 saturated carbocycles. The van der Waals surface area contributed by atoms with Crippen LogP contribution in [0.1, 0.15) is 188 Å². The van der Waals surface area contributed by atoms with Gasteiger partial charge in [-0.15, -0.1) is 0 Å². The quantitative estimate of drug-likeness (QED) is 0.0885. The van der Waals surface area contributed by atoms with Crippen LogP contribution in [0.4, 0.5) is 0 Å². The Morgan fingerprint density at radius 2 is 0.622 bits per heavy atom. The number of aliphatic hydroxyl groups is 2. The van der Waals surface area contributed by atoms with Gasteiger partial charge in [0, 0.05) is 13.1 Å². The topological polar surface area (TPSA) is 43.7 Å². The molecule has 0 fully saturated rings. The Morgan fingerprint density at radius 3 is 0.865 bits per heavy atom. The first-order valence-electron chi connectivity index (χ1n) is 17.2. The molecule has 0 spiro atoms. The highest BCUT2D eigenvalue weighted by Gasteiger charge is 2.14. The first kappa shape index (κ1) is 36.9. The van der Waals surface area contributed by atoms with Crippen LogP contribution in [0.25, 0.3) is 0 Å². The number of nitrogens with zero attached hydrogens (tertiary/aromatic N) is 1. The lowest BCUT2D eigenvalue weighted by atomic mass is 10.0. The predicted molar refractivity (Wildman–Crippen MR) is 166 cm³/mol. The summed E-state index contributed by atoms with van der Waals surface area (Å²) in [5.41, 5.74) is 0. The van der Waals surface area contributed by atoms with Gasteiger partial charge >= 0.3 is 0 Å². The molecule has 2 N–H and O–H groups in total. The second-order valence-electron chi connectivity index (χ2n) is 12.0. The predicted octanol–water partition coefficient (Wildman–Crippen LogP) is 10.2. The van der Waals surface area contributed by atoms with Crippen molar-refractivity contribution in [2.45, 2.75) is 200 Å². The van der Waals surface area contributed by atoms with Crippen molar-refractivity contribution in [2.24, 2.45) is 0 Å². The van der Waals surface area contributed by atoms with Gasteiger partial charge in [-0.25, -0.2) is 0 Å². The molecule has 0 heterocycles. The smallest absolute Gasteiger partial charge is 0.0667 e. The number of unbranched alkanes of at least 4 members (excludes halogenated alkanes) is 22. The van der Waals surface area contributed by atoms with Crippen LogP contribution >= 0.6 is 0 Å². The van der Waals surface area contributed by atoms with Crippen LogP contribution in [-0.4, -0.2) is 47.0 Å². The van der Waals surface area contributed by atoms with E-state index in [1.54, 1.807) is 0 Å². The lowest BCUT2D eigenvalue weighted by Gasteiger charge is -2.26. The van der Waals surface area contributed by atoms with Gasteiger partial charge in [0.15, 0.2) is 0 Å². The van der Waals surface area contributed by atoms with E-state index in [1.807, 2.05) is 0 Å². The van der Waals surface area contributed by atoms with Crippen molar-refractivity contribution in [3.63, 3.8) is 0 Å². The van der Waals surface area contributed by atoms with Crippen molar-refractivity contribution in [1.29, 1.82) is 0 Å². The third-order valence-electron chi connectivity index (χ3n) is 8.17. The monoisotopic (exact) mass is 526 g/mol. The molecule has 224 valence electrons. The second-order valence-corrected chi connectivity index (χ2v) is 12.0. The van der Waals surface area contributed by atoms with Gasteiger partial charge in [0.2, 0.25) is 0 Å². The van der Waals surface area contributed by atoms with Crippen LogP contribution in [0.2, 0.25) is 0 Å². The van der Waals surface area contributed by atoms with Crippen LogP contribution in [0.5, 0.6) is 0 Å². The van der Waals surface area contributed by atoms with Gasteiger partial charge in [-0.1, -0.05) is 175 Å². The van der Waals surface area contributed by atoms with Gasteiger partial charge < -0.3 is 10.2 Å². The van der Waals surface area contributed by atoms with Crippen molar-refractivity contribution in [1.82, 2.24) is 4.90 Å². The molecule has 0 aromatic carbocycles. The molecule has 0 aromatic heterocycles. The number of rotatable bonds is 31. The van der Waals surface area contributed by atoms with E-state index in [1.165, 1.54) is 141 Å². The average molecular weight is 526 g/mol. The minimum absolute atomic E-state index is 0.248. The van der Waals surface area contributed by atoms with Crippen LogP contribution < -0.4 is 0 Å². The Hall–Kier alpha value is -0.120. The highest BCUT2D eigenvalue weighted by atomic mass is 16.3. The number of aliphatic hydroxyl groups excluding tert-OH is 2.